The van der Waals surface area contributed by atoms with E-state index in [0.29, 0.717) is 5.33 Å². The highest BCUT2D eigenvalue weighted by atomic mass is 79.9. The fraction of sp³-hybridized carbons (Fsp3) is 0.200. The lowest BCUT2D eigenvalue weighted by molar-refractivity contribution is 0.705. The van der Waals surface area contributed by atoms with Gasteiger partial charge >= 0.3 is 0 Å². The van der Waals surface area contributed by atoms with E-state index in [4.69, 9.17) is 0 Å². The summed E-state index contributed by atoms with van der Waals surface area (Å²) < 4.78 is 1.38. The van der Waals surface area contributed by atoms with E-state index in [2.05, 4.69) is 21.0 Å². The highest BCUT2D eigenvalue weighted by molar-refractivity contribution is 9.08. The number of aromatic nitrogens is 2. The molecule has 2 aromatic rings. The van der Waals surface area contributed by atoms with Crippen LogP contribution in [0.1, 0.15) is 5.56 Å². The molecule has 0 spiro atoms. The van der Waals surface area contributed by atoms with Crippen molar-refractivity contribution in [3.63, 3.8) is 0 Å². The normalized spacial score (nSPS) is 10.5. The van der Waals surface area contributed by atoms with Gasteiger partial charge in [0.25, 0.3) is 5.56 Å². The molecule has 0 atom stereocenters. The van der Waals surface area contributed by atoms with Crippen LogP contribution in [0.15, 0.2) is 28.4 Å². The molecule has 0 aliphatic rings. The first kappa shape index (κ1) is 10.6. The smallest absolute Gasteiger partial charge is 0.267 e. The van der Waals surface area contributed by atoms with Crippen LogP contribution >= 0.6 is 27.3 Å². The molecular formula is C10H9BrN2OS. The number of thiophene rings is 1. The van der Waals surface area contributed by atoms with Crippen LogP contribution in [0.25, 0.3) is 10.6 Å². The van der Waals surface area contributed by atoms with E-state index in [1.807, 2.05) is 23.6 Å². The Balaban J connectivity index is 2.60. The average Bonchev–Trinajstić information content (AvgIpc) is 2.75. The molecule has 3 nitrogen and oxygen atoms in total. The van der Waals surface area contributed by atoms with Crippen molar-refractivity contribution in [1.82, 2.24) is 9.78 Å². The highest BCUT2D eigenvalue weighted by Crippen LogP contribution is 2.22. The minimum atomic E-state index is -0.0489. The largest absolute Gasteiger partial charge is 0.270 e. The average molecular weight is 285 g/mol. The van der Waals surface area contributed by atoms with Crippen LogP contribution < -0.4 is 5.56 Å². The summed E-state index contributed by atoms with van der Waals surface area (Å²) in [6, 6.07) is 5.80. The van der Waals surface area contributed by atoms with Crippen molar-refractivity contribution in [3.05, 3.63) is 39.5 Å². The van der Waals surface area contributed by atoms with Crippen LogP contribution in [0.5, 0.6) is 0 Å². The van der Waals surface area contributed by atoms with E-state index < -0.39 is 0 Å². The number of nitrogens with zero attached hydrogens (tertiary/aromatic N) is 2. The van der Waals surface area contributed by atoms with E-state index in [1.54, 1.807) is 18.4 Å². The molecule has 2 aromatic heterocycles. The Morgan fingerprint density at radius 1 is 1.60 bits per heavy atom. The Morgan fingerprint density at radius 2 is 2.40 bits per heavy atom. The van der Waals surface area contributed by atoms with Crippen molar-refractivity contribution in [2.75, 3.05) is 0 Å². The van der Waals surface area contributed by atoms with Crippen LogP contribution in [0.3, 0.4) is 0 Å². The summed E-state index contributed by atoms with van der Waals surface area (Å²) in [4.78, 5) is 12.7. The Hall–Kier alpha value is -0.940. The summed E-state index contributed by atoms with van der Waals surface area (Å²) >= 11 is 4.92. The maximum absolute atomic E-state index is 11.6. The molecule has 0 saturated heterocycles. The van der Waals surface area contributed by atoms with Crippen LogP contribution in [0.2, 0.25) is 0 Å². The van der Waals surface area contributed by atoms with Gasteiger partial charge in [-0.2, -0.15) is 5.10 Å². The molecular weight excluding hydrogens is 276 g/mol. The number of halogens is 1. The summed E-state index contributed by atoms with van der Waals surface area (Å²) in [6.07, 6.45) is 0. The van der Waals surface area contributed by atoms with Crippen molar-refractivity contribution in [1.29, 1.82) is 0 Å². The predicted octanol–water partition coefficient (Wildman–Crippen LogP) is 2.40. The summed E-state index contributed by atoms with van der Waals surface area (Å²) in [5, 5.41) is 6.77. The molecule has 0 aliphatic carbocycles. The molecule has 0 N–H and O–H groups in total. The molecule has 5 heteroatoms. The second-order valence-electron chi connectivity index (χ2n) is 3.09. The number of rotatable bonds is 2. The molecule has 0 aliphatic heterocycles. The molecule has 0 unspecified atom stereocenters. The summed E-state index contributed by atoms with van der Waals surface area (Å²) in [6.45, 7) is 0. The van der Waals surface area contributed by atoms with Gasteiger partial charge in [0.2, 0.25) is 0 Å². The Bertz CT molecular complexity index is 519. The van der Waals surface area contributed by atoms with Crippen molar-refractivity contribution < 1.29 is 0 Å². The Morgan fingerprint density at radius 3 is 3.00 bits per heavy atom. The van der Waals surface area contributed by atoms with Gasteiger partial charge in [0.1, 0.15) is 5.69 Å². The minimum absolute atomic E-state index is 0.0489. The molecule has 15 heavy (non-hydrogen) atoms. The molecule has 78 valence electrons. The maximum atomic E-state index is 11.6. The first-order valence-corrected chi connectivity index (χ1v) is 6.39. The van der Waals surface area contributed by atoms with E-state index in [9.17, 15) is 4.79 Å². The molecule has 0 aromatic carbocycles. The fourth-order valence-corrected chi connectivity index (χ4v) is 2.39. The summed E-state index contributed by atoms with van der Waals surface area (Å²) in [7, 11) is 1.67. The Labute approximate surface area is 99.5 Å². The number of aryl methyl sites for hydroxylation is 1. The van der Waals surface area contributed by atoms with Crippen LogP contribution in [-0.4, -0.2) is 9.78 Å². The quantitative estimate of drug-likeness (QED) is 0.794. The van der Waals surface area contributed by atoms with Gasteiger partial charge in [-0.05, 0) is 17.5 Å². The molecule has 0 bridgehead atoms. The molecule has 0 radical (unpaired) electrons. The lowest BCUT2D eigenvalue weighted by Gasteiger charge is -2.03. The minimum Gasteiger partial charge on any atom is -0.267 e. The van der Waals surface area contributed by atoms with Crippen LogP contribution in [0.4, 0.5) is 0 Å². The molecule has 2 heterocycles. The molecule has 0 amide bonds. The number of hydrogen-bond acceptors (Lipinski definition) is 3. The lowest BCUT2D eigenvalue weighted by Crippen LogP contribution is -2.22. The highest BCUT2D eigenvalue weighted by Gasteiger charge is 2.07. The number of hydrogen-bond donors (Lipinski definition) is 0. The van der Waals surface area contributed by atoms with Gasteiger partial charge in [0, 0.05) is 17.9 Å². The lowest BCUT2D eigenvalue weighted by atomic mass is 10.2. The topological polar surface area (TPSA) is 34.9 Å². The van der Waals surface area contributed by atoms with Crippen molar-refractivity contribution in [2.45, 2.75) is 5.33 Å². The van der Waals surface area contributed by atoms with E-state index >= 15 is 0 Å². The zero-order valence-electron chi connectivity index (χ0n) is 8.11. The Kier molecular flexibility index (Phi) is 3.02. The van der Waals surface area contributed by atoms with Gasteiger partial charge in [0.05, 0.1) is 4.88 Å². The van der Waals surface area contributed by atoms with Gasteiger partial charge in [-0.15, -0.1) is 11.3 Å². The second-order valence-corrected chi connectivity index (χ2v) is 4.60. The van der Waals surface area contributed by atoms with E-state index in [1.165, 1.54) is 4.68 Å². The van der Waals surface area contributed by atoms with E-state index in [0.717, 1.165) is 16.1 Å². The van der Waals surface area contributed by atoms with E-state index in [-0.39, 0.29) is 5.56 Å². The fourth-order valence-electron chi connectivity index (χ4n) is 1.31. The SMILES string of the molecule is Cn1nc(-c2cccs2)cc(CBr)c1=O. The monoisotopic (exact) mass is 284 g/mol. The van der Waals surface area contributed by atoms with Gasteiger partial charge < -0.3 is 0 Å². The molecule has 0 saturated carbocycles. The first-order valence-electron chi connectivity index (χ1n) is 4.39. The van der Waals surface area contributed by atoms with Gasteiger partial charge in [-0.3, -0.25) is 4.79 Å². The second kappa shape index (κ2) is 4.28. The van der Waals surface area contributed by atoms with Crippen molar-refractivity contribution in [3.8, 4) is 10.6 Å². The van der Waals surface area contributed by atoms with Crippen LogP contribution in [-0.2, 0) is 12.4 Å². The van der Waals surface area contributed by atoms with Crippen LogP contribution in [0, 0.1) is 0 Å². The van der Waals surface area contributed by atoms with Crippen molar-refractivity contribution in [2.24, 2.45) is 7.05 Å². The maximum Gasteiger partial charge on any atom is 0.270 e. The van der Waals surface area contributed by atoms with Gasteiger partial charge in [-0.1, -0.05) is 22.0 Å². The zero-order valence-corrected chi connectivity index (χ0v) is 10.5. The third-order valence-corrected chi connectivity index (χ3v) is 3.55. The first-order chi connectivity index (χ1) is 7.22. The third kappa shape index (κ3) is 2.03. The summed E-state index contributed by atoms with van der Waals surface area (Å²) in [5.74, 6) is 0. The predicted molar refractivity (Wildman–Crippen MR) is 65.4 cm³/mol. The number of alkyl halides is 1. The standard InChI is InChI=1S/C10H9BrN2OS/c1-13-10(14)7(6-11)5-8(12-13)9-3-2-4-15-9/h2-5H,6H2,1H3. The summed E-state index contributed by atoms with van der Waals surface area (Å²) in [5.41, 5.74) is 1.53. The van der Waals surface area contributed by atoms with Gasteiger partial charge in [-0.25, -0.2) is 4.68 Å². The van der Waals surface area contributed by atoms with Gasteiger partial charge in [0.15, 0.2) is 0 Å². The molecule has 0 fully saturated rings. The molecule has 2 rings (SSSR count). The third-order valence-electron chi connectivity index (χ3n) is 2.05. The van der Waals surface area contributed by atoms with Crippen molar-refractivity contribution >= 4 is 27.3 Å². The zero-order chi connectivity index (χ0) is 10.8.